The second-order valence-corrected chi connectivity index (χ2v) is 4.93. The van der Waals surface area contributed by atoms with Crippen molar-refractivity contribution in [2.24, 2.45) is 5.73 Å². The molecule has 0 bridgehead atoms. The van der Waals surface area contributed by atoms with Crippen LogP contribution in [0.5, 0.6) is 0 Å². The van der Waals surface area contributed by atoms with E-state index in [1.54, 1.807) is 0 Å². The standard InChI is InChI=1S/C13H28N2O2/c1-4-6-7-10-15(3)11-8-9-13(14,5-2)12(16)17/h4-11,14H2,1-3H3,(H,16,17). The molecule has 0 radical (unpaired) electrons. The smallest absolute Gasteiger partial charge is 0.323 e. The number of nitrogens with zero attached hydrogens (tertiary/aromatic N) is 1. The van der Waals surface area contributed by atoms with E-state index in [2.05, 4.69) is 18.9 Å². The summed E-state index contributed by atoms with van der Waals surface area (Å²) in [4.78, 5) is 13.3. The molecular formula is C13H28N2O2. The molecule has 0 aromatic carbocycles. The van der Waals surface area contributed by atoms with Gasteiger partial charge < -0.3 is 15.7 Å². The molecule has 0 heterocycles. The van der Waals surface area contributed by atoms with Crippen LogP contribution in [0.15, 0.2) is 0 Å². The summed E-state index contributed by atoms with van der Waals surface area (Å²) >= 11 is 0. The summed E-state index contributed by atoms with van der Waals surface area (Å²) in [6.07, 6.45) is 5.59. The predicted octanol–water partition coefficient (Wildman–Crippen LogP) is 2.08. The molecule has 0 fully saturated rings. The van der Waals surface area contributed by atoms with Gasteiger partial charge in [0.05, 0.1) is 0 Å². The number of unbranched alkanes of at least 4 members (excludes halogenated alkanes) is 2. The lowest BCUT2D eigenvalue weighted by Gasteiger charge is -2.24. The largest absolute Gasteiger partial charge is 0.480 e. The van der Waals surface area contributed by atoms with Crippen molar-refractivity contribution in [2.45, 2.75) is 57.9 Å². The SMILES string of the molecule is CCCCCN(C)CCCC(N)(CC)C(=O)O. The van der Waals surface area contributed by atoms with E-state index >= 15 is 0 Å². The Balaban J connectivity index is 3.77. The van der Waals surface area contributed by atoms with E-state index in [9.17, 15) is 4.79 Å². The lowest BCUT2D eigenvalue weighted by molar-refractivity contribution is -0.143. The Kier molecular flexibility index (Phi) is 8.17. The van der Waals surface area contributed by atoms with Gasteiger partial charge in [0.25, 0.3) is 0 Å². The van der Waals surface area contributed by atoms with Crippen LogP contribution in [0.1, 0.15) is 52.4 Å². The molecule has 0 rings (SSSR count). The Morgan fingerprint density at radius 2 is 1.82 bits per heavy atom. The van der Waals surface area contributed by atoms with Gasteiger partial charge in [-0.25, -0.2) is 0 Å². The van der Waals surface area contributed by atoms with Crippen molar-refractivity contribution in [3.05, 3.63) is 0 Å². The van der Waals surface area contributed by atoms with Crippen LogP contribution in [0.3, 0.4) is 0 Å². The summed E-state index contributed by atoms with van der Waals surface area (Å²) in [5.74, 6) is -0.881. The average molecular weight is 244 g/mol. The molecule has 0 aliphatic rings. The molecule has 0 aliphatic carbocycles. The number of carboxylic acids is 1. The van der Waals surface area contributed by atoms with Crippen molar-refractivity contribution >= 4 is 5.97 Å². The Morgan fingerprint density at radius 1 is 1.24 bits per heavy atom. The van der Waals surface area contributed by atoms with Crippen LogP contribution >= 0.6 is 0 Å². The van der Waals surface area contributed by atoms with Gasteiger partial charge in [0.15, 0.2) is 0 Å². The molecule has 0 amide bonds. The van der Waals surface area contributed by atoms with E-state index in [1.165, 1.54) is 19.3 Å². The second-order valence-electron chi connectivity index (χ2n) is 4.93. The van der Waals surface area contributed by atoms with E-state index < -0.39 is 11.5 Å². The zero-order valence-corrected chi connectivity index (χ0v) is 11.5. The van der Waals surface area contributed by atoms with E-state index in [1.807, 2.05) is 6.92 Å². The predicted molar refractivity (Wildman–Crippen MR) is 71.1 cm³/mol. The highest BCUT2D eigenvalue weighted by Crippen LogP contribution is 2.14. The molecule has 4 nitrogen and oxygen atoms in total. The van der Waals surface area contributed by atoms with Crippen molar-refractivity contribution in [3.8, 4) is 0 Å². The normalized spacial score (nSPS) is 14.9. The quantitative estimate of drug-likeness (QED) is 0.577. The zero-order valence-electron chi connectivity index (χ0n) is 11.5. The van der Waals surface area contributed by atoms with Gasteiger partial charge in [-0.15, -0.1) is 0 Å². The maximum Gasteiger partial charge on any atom is 0.323 e. The summed E-state index contributed by atoms with van der Waals surface area (Å²) in [5, 5.41) is 9.03. The third-order valence-corrected chi connectivity index (χ3v) is 3.36. The topological polar surface area (TPSA) is 66.6 Å². The molecule has 0 saturated carbocycles. The van der Waals surface area contributed by atoms with Gasteiger partial charge in [0.2, 0.25) is 0 Å². The molecule has 3 N–H and O–H groups in total. The average Bonchev–Trinajstić information content (AvgIpc) is 2.29. The fraction of sp³-hybridized carbons (Fsp3) is 0.923. The number of carbonyl (C=O) groups is 1. The number of hydrogen-bond donors (Lipinski definition) is 2. The van der Waals surface area contributed by atoms with Crippen molar-refractivity contribution in [2.75, 3.05) is 20.1 Å². The molecule has 0 saturated heterocycles. The van der Waals surface area contributed by atoms with Crippen LogP contribution in [0.2, 0.25) is 0 Å². The third-order valence-electron chi connectivity index (χ3n) is 3.36. The molecule has 0 spiro atoms. The van der Waals surface area contributed by atoms with Crippen LogP contribution in [0, 0.1) is 0 Å². The minimum atomic E-state index is -1.04. The maximum atomic E-state index is 11.0. The van der Waals surface area contributed by atoms with Gasteiger partial charge in [-0.05, 0) is 45.8 Å². The summed E-state index contributed by atoms with van der Waals surface area (Å²) < 4.78 is 0. The fourth-order valence-corrected chi connectivity index (χ4v) is 1.84. The fourth-order valence-electron chi connectivity index (χ4n) is 1.84. The Bertz CT molecular complexity index is 221. The Hall–Kier alpha value is -0.610. The molecule has 1 unspecified atom stereocenters. The first kappa shape index (κ1) is 16.4. The van der Waals surface area contributed by atoms with E-state index in [0.29, 0.717) is 12.8 Å². The Morgan fingerprint density at radius 3 is 2.29 bits per heavy atom. The summed E-state index contributed by atoms with van der Waals surface area (Å²) in [5.41, 5.74) is 4.79. The molecule has 17 heavy (non-hydrogen) atoms. The second kappa shape index (κ2) is 8.48. The highest BCUT2D eigenvalue weighted by Gasteiger charge is 2.30. The number of hydrogen-bond acceptors (Lipinski definition) is 3. The van der Waals surface area contributed by atoms with Gasteiger partial charge >= 0.3 is 5.97 Å². The van der Waals surface area contributed by atoms with Gasteiger partial charge in [0, 0.05) is 0 Å². The maximum absolute atomic E-state index is 11.0. The number of carboxylic acid groups (broad SMARTS) is 1. The minimum absolute atomic E-state index is 0.488. The minimum Gasteiger partial charge on any atom is -0.480 e. The molecule has 1 atom stereocenters. The first-order chi connectivity index (χ1) is 7.96. The van der Waals surface area contributed by atoms with Crippen LogP contribution in [-0.2, 0) is 4.79 Å². The summed E-state index contributed by atoms with van der Waals surface area (Å²) in [7, 11) is 2.08. The van der Waals surface area contributed by atoms with Crippen molar-refractivity contribution in [3.63, 3.8) is 0 Å². The van der Waals surface area contributed by atoms with Crippen molar-refractivity contribution < 1.29 is 9.90 Å². The van der Waals surface area contributed by atoms with Gasteiger partial charge in [-0.1, -0.05) is 26.7 Å². The van der Waals surface area contributed by atoms with Gasteiger partial charge in [-0.2, -0.15) is 0 Å². The molecule has 0 aromatic rings. The zero-order chi connectivity index (χ0) is 13.3. The van der Waals surface area contributed by atoms with Crippen LogP contribution in [0.25, 0.3) is 0 Å². The third kappa shape index (κ3) is 6.64. The number of nitrogens with two attached hydrogens (primary N) is 1. The van der Waals surface area contributed by atoms with Crippen molar-refractivity contribution in [1.82, 2.24) is 4.90 Å². The first-order valence-electron chi connectivity index (χ1n) is 6.67. The van der Waals surface area contributed by atoms with E-state index in [0.717, 1.165) is 19.5 Å². The number of rotatable bonds is 10. The molecule has 102 valence electrons. The van der Waals surface area contributed by atoms with E-state index in [4.69, 9.17) is 10.8 Å². The molecule has 0 aromatic heterocycles. The monoisotopic (exact) mass is 244 g/mol. The first-order valence-corrected chi connectivity index (χ1v) is 6.67. The Labute approximate surface area is 105 Å². The van der Waals surface area contributed by atoms with Crippen molar-refractivity contribution in [1.29, 1.82) is 0 Å². The molecule has 0 aliphatic heterocycles. The van der Waals surface area contributed by atoms with Gasteiger partial charge in [0.1, 0.15) is 5.54 Å². The highest BCUT2D eigenvalue weighted by atomic mass is 16.4. The molecular weight excluding hydrogens is 216 g/mol. The van der Waals surface area contributed by atoms with Crippen LogP contribution < -0.4 is 5.73 Å². The lowest BCUT2D eigenvalue weighted by atomic mass is 9.92. The van der Waals surface area contributed by atoms with Crippen LogP contribution in [0.4, 0.5) is 0 Å². The summed E-state index contributed by atoms with van der Waals surface area (Å²) in [6.45, 7) is 6.04. The highest BCUT2D eigenvalue weighted by molar-refractivity contribution is 5.78. The van der Waals surface area contributed by atoms with Gasteiger partial charge in [-0.3, -0.25) is 4.79 Å². The molecule has 4 heteroatoms. The number of aliphatic carboxylic acids is 1. The lowest BCUT2D eigenvalue weighted by Crippen LogP contribution is -2.47. The summed E-state index contributed by atoms with van der Waals surface area (Å²) in [6, 6.07) is 0. The van der Waals surface area contributed by atoms with E-state index in [-0.39, 0.29) is 0 Å². The van der Waals surface area contributed by atoms with Crippen LogP contribution in [-0.4, -0.2) is 41.7 Å².